The Kier molecular flexibility index (Phi) is 3.70. The van der Waals surface area contributed by atoms with E-state index in [0.29, 0.717) is 11.3 Å². The van der Waals surface area contributed by atoms with Gasteiger partial charge in [0, 0.05) is 12.6 Å². The topological polar surface area (TPSA) is 61.2 Å². The van der Waals surface area contributed by atoms with Crippen LogP contribution in [0.1, 0.15) is 21.6 Å². The van der Waals surface area contributed by atoms with Crippen molar-refractivity contribution in [1.29, 1.82) is 0 Å². The predicted molar refractivity (Wildman–Crippen MR) is 88.1 cm³/mol. The third-order valence-electron chi connectivity index (χ3n) is 3.83. The molecule has 3 rings (SSSR count). The molecule has 1 aromatic heterocycles. The van der Waals surface area contributed by atoms with Crippen molar-refractivity contribution in [2.24, 2.45) is 7.05 Å². The lowest BCUT2D eigenvalue weighted by Crippen LogP contribution is -2.28. The molecule has 0 bridgehead atoms. The number of nitrogens with zero attached hydrogens (tertiary/aromatic N) is 2. The molecule has 23 heavy (non-hydrogen) atoms. The fourth-order valence-corrected chi connectivity index (χ4v) is 2.76. The molecule has 0 aliphatic carbocycles. The lowest BCUT2D eigenvalue weighted by atomic mass is 9.97. The Hall–Kier alpha value is -2.95. The van der Waals surface area contributed by atoms with Gasteiger partial charge in [-0.15, -0.1) is 0 Å². The maximum Gasteiger partial charge on any atom is 0.281 e. The summed E-state index contributed by atoms with van der Waals surface area (Å²) in [5.41, 5.74) is 0.520. The minimum absolute atomic E-state index is 0.0128. The van der Waals surface area contributed by atoms with Gasteiger partial charge in [-0.3, -0.25) is 9.59 Å². The molecule has 0 saturated carbocycles. The second-order valence-corrected chi connectivity index (χ2v) is 5.28. The molecule has 0 saturated heterocycles. The quantitative estimate of drug-likeness (QED) is 0.697. The van der Waals surface area contributed by atoms with E-state index in [2.05, 4.69) is 5.10 Å². The van der Waals surface area contributed by atoms with Crippen LogP contribution in [0.3, 0.4) is 0 Å². The zero-order chi connectivity index (χ0) is 16.6. The Morgan fingerprint density at radius 2 is 1.83 bits per heavy atom. The molecule has 0 N–H and O–H groups in total. The maximum absolute atomic E-state index is 13.0. The largest absolute Gasteiger partial charge is 0.494 e. The molecule has 0 aliphatic rings. The Morgan fingerprint density at radius 1 is 1.13 bits per heavy atom. The summed E-state index contributed by atoms with van der Waals surface area (Å²) in [6.45, 7) is 1.71. The summed E-state index contributed by atoms with van der Waals surface area (Å²) in [4.78, 5) is 25.5. The van der Waals surface area contributed by atoms with E-state index >= 15 is 0 Å². The lowest BCUT2D eigenvalue weighted by Gasteiger charge is -2.12. The first kappa shape index (κ1) is 15.0. The second kappa shape index (κ2) is 5.68. The highest BCUT2D eigenvalue weighted by molar-refractivity contribution is 6.17. The van der Waals surface area contributed by atoms with Crippen molar-refractivity contribution in [3.05, 3.63) is 69.6 Å². The summed E-state index contributed by atoms with van der Waals surface area (Å²) in [6.07, 6.45) is 0. The van der Waals surface area contributed by atoms with Crippen molar-refractivity contribution in [3.63, 3.8) is 0 Å². The molecule has 5 heteroatoms. The molecule has 0 radical (unpaired) electrons. The molecule has 0 aliphatic heterocycles. The number of ketones is 1. The van der Waals surface area contributed by atoms with Gasteiger partial charge in [-0.05, 0) is 17.7 Å². The molecule has 0 unspecified atom stereocenters. The average molecular weight is 308 g/mol. The summed E-state index contributed by atoms with van der Waals surface area (Å²) in [7, 11) is 2.96. The minimum Gasteiger partial charge on any atom is -0.494 e. The van der Waals surface area contributed by atoms with Crippen LogP contribution in [-0.4, -0.2) is 22.7 Å². The Morgan fingerprint density at radius 3 is 2.57 bits per heavy atom. The van der Waals surface area contributed by atoms with Crippen LogP contribution in [0.25, 0.3) is 10.8 Å². The van der Waals surface area contributed by atoms with E-state index in [0.717, 1.165) is 15.5 Å². The second-order valence-electron chi connectivity index (χ2n) is 5.28. The summed E-state index contributed by atoms with van der Waals surface area (Å²) >= 11 is 0. The maximum atomic E-state index is 13.0. The molecule has 5 nitrogen and oxygen atoms in total. The first-order valence-corrected chi connectivity index (χ1v) is 7.19. The summed E-state index contributed by atoms with van der Waals surface area (Å²) in [5, 5.41) is 5.82. The Balaban J connectivity index is 2.31. The van der Waals surface area contributed by atoms with Crippen LogP contribution in [0.2, 0.25) is 0 Å². The summed E-state index contributed by atoms with van der Waals surface area (Å²) < 4.78 is 6.43. The van der Waals surface area contributed by atoms with E-state index in [9.17, 15) is 9.59 Å². The van der Waals surface area contributed by atoms with Crippen LogP contribution in [0.4, 0.5) is 0 Å². The summed E-state index contributed by atoms with van der Waals surface area (Å²) in [6, 6.07) is 13.0. The number of fused-ring (bicyclic) bond motifs is 1. The van der Waals surface area contributed by atoms with Crippen molar-refractivity contribution in [2.75, 3.05) is 7.11 Å². The Labute approximate surface area is 133 Å². The van der Waals surface area contributed by atoms with Gasteiger partial charge in [0.25, 0.3) is 5.56 Å². The average Bonchev–Trinajstić information content (AvgIpc) is 2.56. The number of aryl methyl sites for hydroxylation is 2. The van der Waals surface area contributed by atoms with Gasteiger partial charge < -0.3 is 4.74 Å². The first-order chi connectivity index (χ1) is 11.0. The molecular weight excluding hydrogens is 292 g/mol. The van der Waals surface area contributed by atoms with Crippen molar-refractivity contribution >= 4 is 16.6 Å². The minimum atomic E-state index is -0.467. The zero-order valence-corrected chi connectivity index (χ0v) is 13.2. The third kappa shape index (κ3) is 2.40. The van der Waals surface area contributed by atoms with Gasteiger partial charge in [0.05, 0.1) is 7.11 Å². The van der Waals surface area contributed by atoms with E-state index in [4.69, 9.17) is 4.74 Å². The number of carbonyl (C=O) groups excluding carboxylic acids is 1. The molecule has 0 fully saturated rings. The Bertz CT molecular complexity index is 968. The fraction of sp³-hybridized carbons (Fsp3) is 0.167. The van der Waals surface area contributed by atoms with Crippen LogP contribution < -0.4 is 10.3 Å². The normalized spacial score (nSPS) is 10.7. The van der Waals surface area contributed by atoms with Crippen molar-refractivity contribution in [2.45, 2.75) is 6.92 Å². The van der Waals surface area contributed by atoms with E-state index in [-0.39, 0.29) is 17.1 Å². The van der Waals surface area contributed by atoms with Crippen LogP contribution >= 0.6 is 0 Å². The number of rotatable bonds is 3. The lowest BCUT2D eigenvalue weighted by molar-refractivity contribution is 0.103. The highest BCUT2D eigenvalue weighted by Gasteiger charge is 2.23. The predicted octanol–water partition coefficient (Wildman–Crippen LogP) is 2.48. The van der Waals surface area contributed by atoms with Gasteiger partial charge >= 0.3 is 0 Å². The van der Waals surface area contributed by atoms with Crippen LogP contribution in [0, 0.1) is 6.92 Å². The van der Waals surface area contributed by atoms with Gasteiger partial charge in [-0.2, -0.15) is 5.10 Å². The van der Waals surface area contributed by atoms with Crippen LogP contribution in [0.5, 0.6) is 5.75 Å². The monoisotopic (exact) mass is 308 g/mol. The van der Waals surface area contributed by atoms with E-state index in [1.807, 2.05) is 30.3 Å². The van der Waals surface area contributed by atoms with E-state index in [1.165, 1.54) is 14.2 Å². The van der Waals surface area contributed by atoms with Crippen molar-refractivity contribution in [3.8, 4) is 5.75 Å². The molecule has 3 aromatic rings. The molecular formula is C18H16N2O3. The summed E-state index contributed by atoms with van der Waals surface area (Å²) in [5.74, 6) is -0.129. The van der Waals surface area contributed by atoms with Crippen LogP contribution in [-0.2, 0) is 7.05 Å². The third-order valence-corrected chi connectivity index (χ3v) is 3.83. The molecule has 0 spiro atoms. The van der Waals surface area contributed by atoms with E-state index < -0.39 is 5.56 Å². The van der Waals surface area contributed by atoms with Crippen LogP contribution in [0.15, 0.2) is 47.3 Å². The highest BCUT2D eigenvalue weighted by Crippen LogP contribution is 2.25. The van der Waals surface area contributed by atoms with Crippen molar-refractivity contribution < 1.29 is 9.53 Å². The fourth-order valence-electron chi connectivity index (χ4n) is 2.76. The number of benzene rings is 2. The number of methoxy groups -OCH3 is 1. The molecule has 0 amide bonds. The van der Waals surface area contributed by atoms with Crippen molar-refractivity contribution in [1.82, 2.24) is 9.78 Å². The number of carbonyl (C=O) groups is 1. The molecule has 0 atom stereocenters. The van der Waals surface area contributed by atoms with Gasteiger partial charge in [-0.1, -0.05) is 42.5 Å². The van der Waals surface area contributed by atoms with E-state index in [1.54, 1.807) is 19.1 Å². The highest BCUT2D eigenvalue weighted by atomic mass is 16.5. The zero-order valence-electron chi connectivity index (χ0n) is 13.2. The number of ether oxygens (including phenoxy) is 1. The molecule has 1 heterocycles. The van der Waals surface area contributed by atoms with Gasteiger partial charge in [0.2, 0.25) is 5.78 Å². The van der Waals surface area contributed by atoms with Gasteiger partial charge in [-0.25, -0.2) is 4.68 Å². The van der Waals surface area contributed by atoms with Gasteiger partial charge in [0.1, 0.15) is 11.3 Å². The number of hydrogen-bond acceptors (Lipinski definition) is 4. The van der Waals surface area contributed by atoms with Gasteiger partial charge in [0.15, 0.2) is 5.75 Å². The number of hydrogen-bond donors (Lipinski definition) is 0. The SMILES string of the molecule is COc1c(C)nn(C)c(=O)c1C(=O)c1cccc2ccccc12. The standard InChI is InChI=1S/C18H16N2O3/c1-11-17(23-3)15(18(22)20(2)19-11)16(21)14-10-6-8-12-7-4-5-9-13(12)14/h4-10H,1-3H3. The first-order valence-electron chi connectivity index (χ1n) is 7.19. The molecule has 116 valence electrons. The number of aromatic nitrogens is 2. The molecule has 2 aromatic carbocycles. The smallest absolute Gasteiger partial charge is 0.281 e.